The molecule has 0 amide bonds. The van der Waals surface area contributed by atoms with Gasteiger partial charge in [-0.3, -0.25) is 4.98 Å². The van der Waals surface area contributed by atoms with Gasteiger partial charge in [0.15, 0.2) is 5.69 Å². The molecule has 0 radical (unpaired) electrons. The molecule has 0 aliphatic heterocycles. The SMILES string of the molecule is Cn1cc(Cc2ccccn2)c(N)c1C(=O)O. The number of carboxylic acid groups (broad SMARTS) is 1. The number of hydrogen-bond donors (Lipinski definition) is 2. The van der Waals surface area contributed by atoms with E-state index < -0.39 is 5.97 Å². The molecule has 0 saturated carbocycles. The monoisotopic (exact) mass is 231 g/mol. The molecule has 0 fully saturated rings. The lowest BCUT2D eigenvalue weighted by atomic mass is 10.1. The van der Waals surface area contributed by atoms with Crippen molar-refractivity contribution in [1.29, 1.82) is 0 Å². The smallest absolute Gasteiger partial charge is 0.354 e. The third-order valence-electron chi connectivity index (χ3n) is 2.60. The number of aryl methyl sites for hydroxylation is 1. The Morgan fingerprint density at radius 1 is 1.53 bits per heavy atom. The molecule has 0 saturated heterocycles. The molecule has 0 atom stereocenters. The first kappa shape index (κ1) is 11.2. The average Bonchev–Trinajstić information content (AvgIpc) is 2.55. The van der Waals surface area contributed by atoms with Gasteiger partial charge in [-0.2, -0.15) is 0 Å². The fourth-order valence-electron chi connectivity index (χ4n) is 1.81. The largest absolute Gasteiger partial charge is 0.477 e. The van der Waals surface area contributed by atoms with Gasteiger partial charge in [-0.05, 0) is 17.7 Å². The summed E-state index contributed by atoms with van der Waals surface area (Å²) in [6.07, 6.45) is 3.97. The Kier molecular flexibility index (Phi) is 2.82. The zero-order valence-electron chi connectivity index (χ0n) is 9.42. The quantitative estimate of drug-likeness (QED) is 0.834. The fourth-order valence-corrected chi connectivity index (χ4v) is 1.81. The first-order valence-corrected chi connectivity index (χ1v) is 5.16. The van der Waals surface area contributed by atoms with Gasteiger partial charge in [-0.25, -0.2) is 4.79 Å². The van der Waals surface area contributed by atoms with Crippen molar-refractivity contribution in [2.45, 2.75) is 6.42 Å². The van der Waals surface area contributed by atoms with Crippen LogP contribution in [-0.2, 0) is 13.5 Å². The third kappa shape index (κ3) is 2.13. The van der Waals surface area contributed by atoms with Crippen LogP contribution in [0.25, 0.3) is 0 Å². The second-order valence-corrected chi connectivity index (χ2v) is 3.83. The van der Waals surface area contributed by atoms with Gasteiger partial charge in [-0.15, -0.1) is 0 Å². The minimum atomic E-state index is -1.02. The molecule has 0 aliphatic carbocycles. The van der Waals surface area contributed by atoms with Gasteiger partial charge in [0, 0.05) is 31.6 Å². The highest BCUT2D eigenvalue weighted by Gasteiger charge is 2.17. The van der Waals surface area contributed by atoms with Crippen LogP contribution in [0.5, 0.6) is 0 Å². The number of rotatable bonds is 3. The summed E-state index contributed by atoms with van der Waals surface area (Å²) in [5, 5.41) is 9.01. The highest BCUT2D eigenvalue weighted by molar-refractivity contribution is 5.93. The third-order valence-corrected chi connectivity index (χ3v) is 2.60. The van der Waals surface area contributed by atoms with Crippen molar-refractivity contribution in [3.05, 3.63) is 47.5 Å². The van der Waals surface area contributed by atoms with E-state index in [1.165, 1.54) is 4.57 Å². The summed E-state index contributed by atoms with van der Waals surface area (Å²) in [4.78, 5) is 15.2. The Labute approximate surface area is 98.5 Å². The summed E-state index contributed by atoms with van der Waals surface area (Å²) in [5.41, 5.74) is 7.90. The lowest BCUT2D eigenvalue weighted by molar-refractivity contribution is 0.0688. The minimum Gasteiger partial charge on any atom is -0.477 e. The van der Waals surface area contributed by atoms with Crippen molar-refractivity contribution in [3.63, 3.8) is 0 Å². The Morgan fingerprint density at radius 3 is 2.82 bits per heavy atom. The summed E-state index contributed by atoms with van der Waals surface area (Å²) in [6.45, 7) is 0. The Hall–Kier alpha value is -2.30. The molecule has 5 nitrogen and oxygen atoms in total. The predicted molar refractivity (Wildman–Crippen MR) is 63.8 cm³/mol. The number of carbonyl (C=O) groups is 1. The van der Waals surface area contributed by atoms with E-state index in [1.54, 1.807) is 19.4 Å². The number of anilines is 1. The molecule has 0 aliphatic rings. The zero-order valence-corrected chi connectivity index (χ0v) is 9.42. The van der Waals surface area contributed by atoms with Crippen LogP contribution in [0.2, 0.25) is 0 Å². The van der Waals surface area contributed by atoms with Crippen LogP contribution >= 0.6 is 0 Å². The van der Waals surface area contributed by atoms with E-state index >= 15 is 0 Å². The number of nitrogens with zero attached hydrogens (tertiary/aromatic N) is 2. The number of aromatic nitrogens is 2. The van der Waals surface area contributed by atoms with Crippen molar-refractivity contribution < 1.29 is 9.90 Å². The van der Waals surface area contributed by atoms with Gasteiger partial charge in [-0.1, -0.05) is 6.07 Å². The maximum Gasteiger partial charge on any atom is 0.354 e. The van der Waals surface area contributed by atoms with Crippen LogP contribution in [0.4, 0.5) is 5.69 Å². The Morgan fingerprint density at radius 2 is 2.29 bits per heavy atom. The maximum atomic E-state index is 11.0. The molecule has 5 heteroatoms. The second-order valence-electron chi connectivity index (χ2n) is 3.83. The molecule has 2 aromatic rings. The average molecular weight is 231 g/mol. The van der Waals surface area contributed by atoms with Crippen molar-refractivity contribution in [2.75, 3.05) is 5.73 Å². The second kappa shape index (κ2) is 4.29. The molecule has 2 heterocycles. The van der Waals surface area contributed by atoms with E-state index in [1.807, 2.05) is 18.2 Å². The Balaban J connectivity index is 2.35. The lowest BCUT2D eigenvalue weighted by Gasteiger charge is -1.99. The van der Waals surface area contributed by atoms with E-state index in [0.717, 1.165) is 11.3 Å². The van der Waals surface area contributed by atoms with Gasteiger partial charge >= 0.3 is 5.97 Å². The van der Waals surface area contributed by atoms with E-state index in [2.05, 4.69) is 4.98 Å². The summed E-state index contributed by atoms with van der Waals surface area (Å²) in [6, 6.07) is 5.60. The highest BCUT2D eigenvalue weighted by Crippen LogP contribution is 2.21. The number of pyridine rings is 1. The van der Waals surface area contributed by atoms with E-state index in [4.69, 9.17) is 10.8 Å². The van der Waals surface area contributed by atoms with Crippen LogP contribution in [0.1, 0.15) is 21.7 Å². The minimum absolute atomic E-state index is 0.121. The molecule has 17 heavy (non-hydrogen) atoms. The van der Waals surface area contributed by atoms with Crippen molar-refractivity contribution >= 4 is 11.7 Å². The van der Waals surface area contributed by atoms with Gasteiger partial charge in [0.1, 0.15) is 0 Å². The lowest BCUT2D eigenvalue weighted by Crippen LogP contribution is -2.06. The molecule has 2 aromatic heterocycles. The summed E-state index contributed by atoms with van der Waals surface area (Å²) >= 11 is 0. The van der Waals surface area contributed by atoms with Crippen molar-refractivity contribution in [1.82, 2.24) is 9.55 Å². The topological polar surface area (TPSA) is 81.1 Å². The van der Waals surface area contributed by atoms with Crippen LogP contribution in [0.15, 0.2) is 30.6 Å². The maximum absolute atomic E-state index is 11.0. The van der Waals surface area contributed by atoms with Crippen LogP contribution in [0, 0.1) is 0 Å². The molecule has 0 bridgehead atoms. The van der Waals surface area contributed by atoms with Crippen LogP contribution in [0.3, 0.4) is 0 Å². The normalized spacial score (nSPS) is 10.4. The molecule has 0 aromatic carbocycles. The number of aromatic carboxylic acids is 1. The Bertz CT molecular complexity index is 546. The van der Waals surface area contributed by atoms with Gasteiger partial charge < -0.3 is 15.4 Å². The van der Waals surface area contributed by atoms with Crippen molar-refractivity contribution in [2.24, 2.45) is 7.05 Å². The number of carboxylic acids is 1. The number of hydrogen-bond acceptors (Lipinski definition) is 3. The molecular formula is C12H13N3O2. The molecule has 2 rings (SSSR count). The molecule has 0 unspecified atom stereocenters. The molecule has 88 valence electrons. The van der Waals surface area contributed by atoms with Gasteiger partial charge in [0.05, 0.1) is 5.69 Å². The highest BCUT2D eigenvalue weighted by atomic mass is 16.4. The molecular weight excluding hydrogens is 218 g/mol. The summed E-state index contributed by atoms with van der Waals surface area (Å²) in [7, 11) is 1.67. The summed E-state index contributed by atoms with van der Waals surface area (Å²) < 4.78 is 1.52. The van der Waals surface area contributed by atoms with E-state index in [-0.39, 0.29) is 5.69 Å². The summed E-state index contributed by atoms with van der Waals surface area (Å²) in [5.74, 6) is -1.02. The van der Waals surface area contributed by atoms with Crippen molar-refractivity contribution in [3.8, 4) is 0 Å². The van der Waals surface area contributed by atoms with Crippen LogP contribution in [-0.4, -0.2) is 20.6 Å². The standard InChI is InChI=1S/C12H13N3O2/c1-15-7-8(10(13)11(15)12(16)17)6-9-4-2-3-5-14-9/h2-5,7H,6,13H2,1H3,(H,16,17). The predicted octanol–water partition coefficient (Wildman–Crippen LogP) is 1.29. The van der Waals surface area contributed by atoms with Crippen LogP contribution < -0.4 is 5.73 Å². The molecule has 0 spiro atoms. The zero-order chi connectivity index (χ0) is 12.4. The van der Waals surface area contributed by atoms with Gasteiger partial charge in [0.25, 0.3) is 0 Å². The number of nitrogens with two attached hydrogens (primary N) is 1. The molecule has 3 N–H and O–H groups in total. The number of nitrogen functional groups attached to an aromatic ring is 1. The van der Waals surface area contributed by atoms with E-state index in [9.17, 15) is 4.79 Å². The first-order chi connectivity index (χ1) is 8.09. The fraction of sp³-hybridized carbons (Fsp3) is 0.167. The first-order valence-electron chi connectivity index (χ1n) is 5.16. The van der Waals surface area contributed by atoms with E-state index in [0.29, 0.717) is 12.1 Å². The van der Waals surface area contributed by atoms with Gasteiger partial charge in [0.2, 0.25) is 0 Å².